The Labute approximate surface area is 107 Å². The summed E-state index contributed by atoms with van der Waals surface area (Å²) in [7, 11) is 0. The van der Waals surface area contributed by atoms with E-state index in [0.717, 1.165) is 12.1 Å². The van der Waals surface area contributed by atoms with Gasteiger partial charge < -0.3 is 14.3 Å². The molecule has 0 aliphatic carbocycles. The van der Waals surface area contributed by atoms with Gasteiger partial charge in [-0.2, -0.15) is 0 Å². The van der Waals surface area contributed by atoms with Crippen molar-refractivity contribution in [1.29, 1.82) is 0 Å². The van der Waals surface area contributed by atoms with Gasteiger partial charge in [-0.15, -0.1) is 0 Å². The van der Waals surface area contributed by atoms with Crippen LogP contribution in [0.4, 0.5) is 0 Å². The molecular weight excluding hydrogens is 230 g/mol. The Hall–Kier alpha value is -1.39. The van der Waals surface area contributed by atoms with E-state index >= 15 is 0 Å². The van der Waals surface area contributed by atoms with Crippen molar-refractivity contribution in [2.24, 2.45) is 5.16 Å². The molecule has 1 aromatic rings. The van der Waals surface area contributed by atoms with Gasteiger partial charge in [0.25, 0.3) is 0 Å². The topological polar surface area (TPSA) is 40.0 Å². The Kier molecular flexibility index (Phi) is 3.30. The Morgan fingerprint density at radius 3 is 2.56 bits per heavy atom. The SMILES string of the molecule is CCC1=NOC(C2OCCO2)C1c1ccccc1. The first-order chi connectivity index (χ1) is 8.90. The summed E-state index contributed by atoms with van der Waals surface area (Å²) in [6, 6.07) is 10.3. The van der Waals surface area contributed by atoms with E-state index in [1.807, 2.05) is 18.2 Å². The number of nitrogens with zero attached hydrogens (tertiary/aromatic N) is 1. The van der Waals surface area contributed by atoms with Crippen molar-refractivity contribution < 1.29 is 14.3 Å². The number of hydrogen-bond acceptors (Lipinski definition) is 4. The van der Waals surface area contributed by atoms with Crippen molar-refractivity contribution in [3.05, 3.63) is 35.9 Å². The summed E-state index contributed by atoms with van der Waals surface area (Å²) in [6.07, 6.45) is 0.413. The van der Waals surface area contributed by atoms with Gasteiger partial charge in [0.2, 0.25) is 0 Å². The molecule has 0 N–H and O–H groups in total. The fourth-order valence-corrected chi connectivity index (χ4v) is 2.54. The Morgan fingerprint density at radius 1 is 1.17 bits per heavy atom. The molecule has 0 aromatic heterocycles. The minimum absolute atomic E-state index is 0.138. The maximum atomic E-state index is 5.56. The molecule has 2 heterocycles. The Bertz CT molecular complexity index is 426. The van der Waals surface area contributed by atoms with Crippen molar-refractivity contribution >= 4 is 5.71 Å². The van der Waals surface area contributed by atoms with Crippen LogP contribution in [-0.2, 0) is 14.3 Å². The summed E-state index contributed by atoms with van der Waals surface area (Å²) in [5.41, 5.74) is 2.27. The number of oxime groups is 1. The second kappa shape index (κ2) is 5.08. The summed E-state index contributed by atoms with van der Waals surface area (Å²) in [5.74, 6) is 0.138. The second-order valence-electron chi connectivity index (χ2n) is 4.50. The van der Waals surface area contributed by atoms with Crippen LogP contribution in [0.3, 0.4) is 0 Å². The summed E-state index contributed by atoms with van der Waals surface area (Å²) in [6.45, 7) is 3.36. The molecule has 0 amide bonds. The third-order valence-corrected chi connectivity index (χ3v) is 3.42. The van der Waals surface area contributed by atoms with E-state index in [9.17, 15) is 0 Å². The summed E-state index contributed by atoms with van der Waals surface area (Å²) < 4.78 is 11.1. The van der Waals surface area contributed by atoms with Gasteiger partial charge in [-0.05, 0) is 12.0 Å². The third-order valence-electron chi connectivity index (χ3n) is 3.42. The molecule has 4 heteroatoms. The highest BCUT2D eigenvalue weighted by molar-refractivity contribution is 5.92. The average Bonchev–Trinajstić information content (AvgIpc) is 3.08. The summed E-state index contributed by atoms with van der Waals surface area (Å²) in [5, 5.41) is 4.19. The fourth-order valence-electron chi connectivity index (χ4n) is 2.54. The molecule has 1 fully saturated rings. The van der Waals surface area contributed by atoms with Gasteiger partial charge in [-0.1, -0.05) is 42.4 Å². The predicted molar refractivity (Wildman–Crippen MR) is 67.5 cm³/mol. The zero-order valence-corrected chi connectivity index (χ0v) is 10.4. The van der Waals surface area contributed by atoms with Gasteiger partial charge in [-0.3, -0.25) is 0 Å². The van der Waals surface area contributed by atoms with Crippen LogP contribution in [0, 0.1) is 0 Å². The zero-order chi connectivity index (χ0) is 12.4. The quantitative estimate of drug-likeness (QED) is 0.823. The molecule has 96 valence electrons. The van der Waals surface area contributed by atoms with Crippen LogP contribution >= 0.6 is 0 Å². The van der Waals surface area contributed by atoms with Gasteiger partial charge in [0.1, 0.15) is 0 Å². The maximum Gasteiger partial charge on any atom is 0.198 e. The lowest BCUT2D eigenvalue weighted by Gasteiger charge is -2.22. The van der Waals surface area contributed by atoms with Crippen LogP contribution in [0.5, 0.6) is 0 Å². The smallest absolute Gasteiger partial charge is 0.198 e. The molecule has 2 aliphatic rings. The first-order valence-electron chi connectivity index (χ1n) is 6.41. The Morgan fingerprint density at radius 2 is 1.89 bits per heavy atom. The summed E-state index contributed by atoms with van der Waals surface area (Å²) in [4.78, 5) is 5.55. The van der Waals surface area contributed by atoms with Gasteiger partial charge in [0.15, 0.2) is 12.4 Å². The van der Waals surface area contributed by atoms with Crippen LogP contribution in [0.15, 0.2) is 35.5 Å². The predicted octanol–water partition coefficient (Wildman–Crippen LogP) is 2.31. The van der Waals surface area contributed by atoms with E-state index in [2.05, 4.69) is 24.2 Å². The van der Waals surface area contributed by atoms with Crippen molar-refractivity contribution in [1.82, 2.24) is 0 Å². The molecule has 3 rings (SSSR count). The van der Waals surface area contributed by atoms with Crippen LogP contribution in [0.2, 0.25) is 0 Å². The van der Waals surface area contributed by atoms with Gasteiger partial charge in [0.05, 0.1) is 24.8 Å². The molecule has 0 radical (unpaired) electrons. The molecule has 0 bridgehead atoms. The van der Waals surface area contributed by atoms with Crippen LogP contribution in [0.25, 0.3) is 0 Å². The van der Waals surface area contributed by atoms with Crippen molar-refractivity contribution in [3.63, 3.8) is 0 Å². The second-order valence-corrected chi connectivity index (χ2v) is 4.50. The summed E-state index contributed by atoms with van der Waals surface area (Å²) >= 11 is 0. The van der Waals surface area contributed by atoms with Crippen molar-refractivity contribution in [2.45, 2.75) is 31.7 Å². The minimum Gasteiger partial charge on any atom is -0.386 e. The molecule has 1 aromatic carbocycles. The van der Waals surface area contributed by atoms with Gasteiger partial charge in [-0.25, -0.2) is 0 Å². The number of hydrogen-bond donors (Lipinski definition) is 0. The van der Waals surface area contributed by atoms with E-state index in [1.54, 1.807) is 0 Å². The lowest BCUT2D eigenvalue weighted by atomic mass is 9.88. The molecule has 18 heavy (non-hydrogen) atoms. The van der Waals surface area contributed by atoms with Crippen LogP contribution in [-0.4, -0.2) is 31.3 Å². The van der Waals surface area contributed by atoms with E-state index < -0.39 is 0 Å². The number of benzene rings is 1. The first-order valence-corrected chi connectivity index (χ1v) is 6.41. The molecule has 0 spiro atoms. The lowest BCUT2D eigenvalue weighted by molar-refractivity contribution is -0.137. The lowest BCUT2D eigenvalue weighted by Crippen LogP contribution is -2.34. The van der Waals surface area contributed by atoms with Crippen LogP contribution in [0.1, 0.15) is 24.8 Å². The van der Waals surface area contributed by atoms with Crippen molar-refractivity contribution in [3.8, 4) is 0 Å². The first kappa shape index (κ1) is 11.7. The molecular formula is C14H17NO3. The normalized spacial score (nSPS) is 28.2. The third kappa shape index (κ3) is 2.02. The minimum atomic E-state index is -0.303. The largest absolute Gasteiger partial charge is 0.386 e. The molecule has 0 saturated carbocycles. The molecule has 2 aliphatic heterocycles. The Balaban J connectivity index is 1.87. The van der Waals surface area contributed by atoms with Gasteiger partial charge >= 0.3 is 0 Å². The molecule has 1 saturated heterocycles. The number of ether oxygens (including phenoxy) is 2. The highest BCUT2D eigenvalue weighted by Crippen LogP contribution is 2.34. The van der Waals surface area contributed by atoms with Crippen LogP contribution < -0.4 is 0 Å². The average molecular weight is 247 g/mol. The zero-order valence-electron chi connectivity index (χ0n) is 10.4. The maximum absolute atomic E-state index is 5.56. The fraction of sp³-hybridized carbons (Fsp3) is 0.500. The standard InChI is InChI=1S/C14H17NO3/c1-2-11-12(10-6-4-3-5-7-10)13(18-15-11)14-16-8-9-17-14/h3-7,12-14H,2,8-9H2,1H3. The molecule has 2 unspecified atom stereocenters. The van der Waals surface area contributed by atoms with E-state index in [0.29, 0.717) is 13.2 Å². The number of rotatable bonds is 3. The molecule has 2 atom stereocenters. The van der Waals surface area contributed by atoms with E-state index in [-0.39, 0.29) is 18.3 Å². The van der Waals surface area contributed by atoms with E-state index in [4.69, 9.17) is 14.3 Å². The molecule has 4 nitrogen and oxygen atoms in total. The van der Waals surface area contributed by atoms with E-state index in [1.165, 1.54) is 5.56 Å². The monoisotopic (exact) mass is 247 g/mol. The highest BCUT2D eigenvalue weighted by atomic mass is 16.8. The highest BCUT2D eigenvalue weighted by Gasteiger charge is 2.42. The van der Waals surface area contributed by atoms with Gasteiger partial charge in [0, 0.05) is 0 Å². The van der Waals surface area contributed by atoms with Crippen molar-refractivity contribution in [2.75, 3.05) is 13.2 Å².